The van der Waals surface area contributed by atoms with Gasteiger partial charge in [0.1, 0.15) is 5.82 Å². The lowest BCUT2D eigenvalue weighted by atomic mass is 10.2. The van der Waals surface area contributed by atoms with Crippen molar-refractivity contribution < 1.29 is 17.6 Å². The molecule has 4 nitrogen and oxygen atoms in total. The maximum atomic E-state index is 13.5. The summed E-state index contributed by atoms with van der Waals surface area (Å²) in [5, 5.41) is 2.40. The number of amides is 1. The van der Waals surface area contributed by atoms with Gasteiger partial charge in [-0.1, -0.05) is 18.2 Å². The second kappa shape index (κ2) is 6.79. The van der Waals surface area contributed by atoms with Crippen LogP contribution in [0.15, 0.2) is 24.3 Å². The highest BCUT2D eigenvalue weighted by atomic mass is 32.2. The van der Waals surface area contributed by atoms with Crippen molar-refractivity contribution in [3.05, 3.63) is 35.6 Å². The van der Waals surface area contributed by atoms with Gasteiger partial charge in [0.05, 0.1) is 16.8 Å². The Morgan fingerprint density at radius 1 is 1.48 bits per heavy atom. The zero-order valence-corrected chi connectivity index (χ0v) is 13.3. The standard InChI is InChI=1S/C14H18FNO3S2/c1-10(20-8-11-4-2-3-5-13(11)15)14(17)16-12-6-7-21(18,19)9-12/h2-5,10,12H,6-9H2,1H3,(H,16,17)/t10-,12-/m0/s1. The van der Waals surface area contributed by atoms with E-state index in [0.717, 1.165) is 0 Å². The highest BCUT2D eigenvalue weighted by molar-refractivity contribution is 7.99. The molecule has 0 unspecified atom stereocenters. The normalized spacial score (nSPS) is 21.9. The first kappa shape index (κ1) is 16.3. The van der Waals surface area contributed by atoms with E-state index in [-0.39, 0.29) is 34.5 Å². The summed E-state index contributed by atoms with van der Waals surface area (Å²) in [5.41, 5.74) is 0.561. The molecule has 0 bridgehead atoms. The average Bonchev–Trinajstić information content (AvgIpc) is 2.76. The zero-order chi connectivity index (χ0) is 15.5. The Hall–Kier alpha value is -1.08. The van der Waals surface area contributed by atoms with E-state index in [2.05, 4.69) is 5.32 Å². The number of carbonyl (C=O) groups excluding carboxylic acids is 1. The molecule has 1 heterocycles. The summed E-state index contributed by atoms with van der Waals surface area (Å²) in [6.07, 6.45) is 0.471. The van der Waals surface area contributed by atoms with Gasteiger partial charge in [-0.15, -0.1) is 11.8 Å². The first-order valence-electron chi connectivity index (χ1n) is 6.73. The van der Waals surface area contributed by atoms with E-state index < -0.39 is 9.84 Å². The van der Waals surface area contributed by atoms with Crippen molar-refractivity contribution in [2.75, 3.05) is 11.5 Å². The van der Waals surface area contributed by atoms with Crippen LogP contribution in [-0.2, 0) is 20.4 Å². The Labute approximate surface area is 128 Å². The van der Waals surface area contributed by atoms with E-state index in [4.69, 9.17) is 0 Å². The van der Waals surface area contributed by atoms with Crippen molar-refractivity contribution in [2.24, 2.45) is 0 Å². The third-order valence-electron chi connectivity index (χ3n) is 3.39. The molecule has 1 aliphatic heterocycles. The molecule has 1 fully saturated rings. The summed E-state index contributed by atoms with van der Waals surface area (Å²) in [7, 11) is -3.00. The number of hydrogen-bond acceptors (Lipinski definition) is 4. The molecule has 1 aromatic rings. The molecule has 2 rings (SSSR count). The van der Waals surface area contributed by atoms with Crippen molar-refractivity contribution in [1.29, 1.82) is 0 Å². The van der Waals surface area contributed by atoms with Gasteiger partial charge in [-0.3, -0.25) is 4.79 Å². The van der Waals surface area contributed by atoms with E-state index in [1.807, 2.05) is 0 Å². The maximum absolute atomic E-state index is 13.5. The first-order chi connectivity index (χ1) is 9.87. The summed E-state index contributed by atoms with van der Waals surface area (Å²) >= 11 is 1.33. The third kappa shape index (κ3) is 4.71. The Bertz CT molecular complexity index is 618. The second-order valence-electron chi connectivity index (χ2n) is 5.15. The van der Waals surface area contributed by atoms with Gasteiger partial charge in [0.2, 0.25) is 5.91 Å². The summed E-state index contributed by atoms with van der Waals surface area (Å²) in [6, 6.07) is 6.17. The molecule has 1 saturated heterocycles. The Morgan fingerprint density at radius 3 is 2.81 bits per heavy atom. The van der Waals surface area contributed by atoms with Gasteiger partial charge in [0.25, 0.3) is 0 Å². The molecule has 7 heteroatoms. The fraction of sp³-hybridized carbons (Fsp3) is 0.500. The number of hydrogen-bond donors (Lipinski definition) is 1. The van der Waals surface area contributed by atoms with Gasteiger partial charge in [0, 0.05) is 11.8 Å². The van der Waals surface area contributed by atoms with E-state index in [9.17, 15) is 17.6 Å². The zero-order valence-electron chi connectivity index (χ0n) is 11.7. The summed E-state index contributed by atoms with van der Waals surface area (Å²) < 4.78 is 36.2. The quantitative estimate of drug-likeness (QED) is 0.893. The fourth-order valence-electron chi connectivity index (χ4n) is 2.13. The lowest BCUT2D eigenvalue weighted by Gasteiger charge is -2.15. The van der Waals surface area contributed by atoms with Crippen LogP contribution in [0.5, 0.6) is 0 Å². The highest BCUT2D eigenvalue weighted by Gasteiger charge is 2.30. The molecule has 1 N–H and O–H groups in total. The number of halogens is 1. The first-order valence-corrected chi connectivity index (χ1v) is 9.60. The van der Waals surface area contributed by atoms with Crippen LogP contribution in [0, 0.1) is 5.82 Å². The van der Waals surface area contributed by atoms with Gasteiger partial charge < -0.3 is 5.32 Å². The van der Waals surface area contributed by atoms with E-state index in [1.54, 1.807) is 25.1 Å². The van der Waals surface area contributed by atoms with Gasteiger partial charge in [-0.05, 0) is 25.0 Å². The Kier molecular flexibility index (Phi) is 5.27. The minimum absolute atomic E-state index is 0.0173. The predicted molar refractivity (Wildman–Crippen MR) is 82.4 cm³/mol. The molecule has 116 valence electrons. The number of rotatable bonds is 5. The molecule has 0 aliphatic carbocycles. The van der Waals surface area contributed by atoms with Gasteiger partial charge in [-0.25, -0.2) is 12.8 Å². The SMILES string of the molecule is C[C@H](SCc1ccccc1F)C(=O)N[C@H]1CCS(=O)(=O)C1. The van der Waals surface area contributed by atoms with Crippen molar-refractivity contribution in [3.63, 3.8) is 0 Å². The molecular formula is C14H18FNO3S2. The van der Waals surface area contributed by atoms with Crippen molar-refractivity contribution in [2.45, 2.75) is 30.4 Å². The molecule has 0 aromatic heterocycles. The summed E-state index contributed by atoms with van der Waals surface area (Å²) in [4.78, 5) is 12.0. The molecule has 1 aliphatic rings. The van der Waals surface area contributed by atoms with Crippen LogP contribution in [-0.4, -0.2) is 37.1 Å². The Morgan fingerprint density at radius 2 is 2.19 bits per heavy atom. The van der Waals surface area contributed by atoms with Crippen LogP contribution in [0.3, 0.4) is 0 Å². The number of nitrogens with one attached hydrogen (secondary N) is 1. The predicted octanol–water partition coefficient (Wildman–Crippen LogP) is 1.75. The molecule has 0 radical (unpaired) electrons. The second-order valence-corrected chi connectivity index (χ2v) is 8.71. The largest absolute Gasteiger partial charge is 0.351 e. The maximum Gasteiger partial charge on any atom is 0.233 e. The van der Waals surface area contributed by atoms with Crippen LogP contribution in [0.2, 0.25) is 0 Å². The van der Waals surface area contributed by atoms with Crippen LogP contribution in [0.4, 0.5) is 4.39 Å². The number of thioether (sulfide) groups is 1. The van der Waals surface area contributed by atoms with E-state index >= 15 is 0 Å². The molecule has 0 spiro atoms. The highest BCUT2D eigenvalue weighted by Crippen LogP contribution is 2.20. The van der Waals surface area contributed by atoms with Crippen LogP contribution in [0.25, 0.3) is 0 Å². The molecule has 0 saturated carbocycles. The summed E-state index contributed by atoms with van der Waals surface area (Å²) in [6.45, 7) is 1.74. The van der Waals surface area contributed by atoms with Crippen molar-refractivity contribution >= 4 is 27.5 Å². The molecule has 2 atom stereocenters. The monoisotopic (exact) mass is 331 g/mol. The number of sulfone groups is 1. The lowest BCUT2D eigenvalue weighted by molar-refractivity contribution is -0.120. The van der Waals surface area contributed by atoms with Gasteiger partial charge in [-0.2, -0.15) is 0 Å². The van der Waals surface area contributed by atoms with Crippen LogP contribution < -0.4 is 5.32 Å². The minimum Gasteiger partial charge on any atom is -0.351 e. The van der Waals surface area contributed by atoms with Crippen molar-refractivity contribution in [1.82, 2.24) is 5.32 Å². The topological polar surface area (TPSA) is 63.2 Å². The summed E-state index contributed by atoms with van der Waals surface area (Å²) in [5.74, 6) is 0.0838. The van der Waals surface area contributed by atoms with Crippen LogP contribution in [0.1, 0.15) is 18.9 Å². The number of benzene rings is 1. The van der Waals surface area contributed by atoms with Gasteiger partial charge in [0.15, 0.2) is 9.84 Å². The Balaban J connectivity index is 1.82. The number of carbonyl (C=O) groups is 1. The van der Waals surface area contributed by atoms with Crippen LogP contribution >= 0.6 is 11.8 Å². The van der Waals surface area contributed by atoms with Gasteiger partial charge >= 0.3 is 0 Å². The van der Waals surface area contributed by atoms with E-state index in [1.165, 1.54) is 17.8 Å². The fourth-order valence-corrected chi connectivity index (χ4v) is 4.69. The molecule has 21 heavy (non-hydrogen) atoms. The van der Waals surface area contributed by atoms with E-state index in [0.29, 0.717) is 17.7 Å². The minimum atomic E-state index is -3.00. The molecule has 1 amide bonds. The third-order valence-corrected chi connectivity index (χ3v) is 6.35. The lowest BCUT2D eigenvalue weighted by Crippen LogP contribution is -2.40. The van der Waals surface area contributed by atoms with Crippen molar-refractivity contribution in [3.8, 4) is 0 Å². The smallest absolute Gasteiger partial charge is 0.233 e. The molecular weight excluding hydrogens is 313 g/mol. The molecule has 1 aromatic carbocycles. The average molecular weight is 331 g/mol.